The normalized spacial score (nSPS) is 40.2. The summed E-state index contributed by atoms with van der Waals surface area (Å²) in [6.45, 7) is 2.52. The van der Waals surface area contributed by atoms with Crippen molar-refractivity contribution in [2.24, 2.45) is 0 Å². The van der Waals surface area contributed by atoms with Gasteiger partial charge in [0.05, 0.1) is 24.6 Å². The van der Waals surface area contributed by atoms with Gasteiger partial charge < -0.3 is 61.0 Å². The fourth-order valence-electron chi connectivity index (χ4n) is 3.80. The Bertz CT molecular complexity index is 716. The number of aryl methyl sites for hydroxylation is 2. The summed E-state index contributed by atoms with van der Waals surface area (Å²) in [6.07, 6.45) is -13.7. The van der Waals surface area contributed by atoms with E-state index in [2.05, 4.69) is 10.6 Å². The van der Waals surface area contributed by atoms with E-state index in [0.717, 1.165) is 11.1 Å². The molecule has 1 aromatic rings. The van der Waals surface area contributed by atoms with Crippen LogP contribution in [0.1, 0.15) is 11.1 Å². The number of aliphatic hydroxyl groups is 8. The van der Waals surface area contributed by atoms with Gasteiger partial charge in [0.2, 0.25) is 0 Å². The molecule has 0 bridgehead atoms. The molecule has 0 aromatic heterocycles. The van der Waals surface area contributed by atoms with Crippen molar-refractivity contribution in [3.05, 3.63) is 23.3 Å². The highest BCUT2D eigenvalue weighted by atomic mass is 16.6. The van der Waals surface area contributed by atoms with Crippen LogP contribution in [0, 0.1) is 13.8 Å². The number of hydrogen-bond acceptors (Lipinski definition) is 12. The van der Waals surface area contributed by atoms with Crippen LogP contribution in [0.25, 0.3) is 0 Å². The fraction of sp³-hybridized carbons (Fsp3) is 0.700. The number of ether oxygens (including phenoxy) is 2. The van der Waals surface area contributed by atoms with E-state index < -0.39 is 74.5 Å². The van der Waals surface area contributed by atoms with E-state index in [4.69, 9.17) is 9.47 Å². The van der Waals surface area contributed by atoms with Crippen LogP contribution < -0.4 is 10.6 Å². The monoisotopic (exact) mass is 460 g/mol. The van der Waals surface area contributed by atoms with Gasteiger partial charge in [0, 0.05) is 0 Å². The molecule has 12 heteroatoms. The average molecular weight is 460 g/mol. The molecule has 182 valence electrons. The third-order valence-corrected chi connectivity index (χ3v) is 6.01. The van der Waals surface area contributed by atoms with Crippen molar-refractivity contribution in [3.8, 4) is 0 Å². The minimum atomic E-state index is -1.56. The van der Waals surface area contributed by atoms with Crippen LogP contribution in [-0.2, 0) is 9.47 Å². The van der Waals surface area contributed by atoms with E-state index in [-0.39, 0.29) is 0 Å². The number of aliphatic hydroxyl groups excluding tert-OH is 8. The van der Waals surface area contributed by atoms with Crippen molar-refractivity contribution < 1.29 is 50.3 Å². The van der Waals surface area contributed by atoms with Gasteiger partial charge in [0.25, 0.3) is 0 Å². The SMILES string of the molecule is Cc1cc(N[C@@H]2O[C@@H](CO)[C@@H](O)[C@@H](O)[C@H]2O)c(N[C@@H]2O[C@@H](CO)[C@@H](O)[C@@H](O)[C@@H]2O)cc1C. The zero-order chi connectivity index (χ0) is 23.7. The largest absolute Gasteiger partial charge is 0.394 e. The molecule has 0 amide bonds. The minimum absolute atomic E-state index is 0.370. The maximum Gasteiger partial charge on any atom is 0.157 e. The van der Waals surface area contributed by atoms with Crippen LogP contribution in [0.2, 0.25) is 0 Å². The standard InChI is InChI=1S/C20H32N2O10/c1-7-3-9(21-19-17(29)15(27)13(25)11(5-23)31-19)10(4-8(7)2)22-20-18(30)16(28)14(26)12(6-24)32-20/h3-4,11-30H,5-6H2,1-2H3/t11-,12-,13+,14+,15+,16+,17-,18+,19+,20+/m0/s1. The first kappa shape index (κ1) is 25.1. The molecule has 10 atom stereocenters. The lowest BCUT2D eigenvalue weighted by atomic mass is 9.97. The molecule has 32 heavy (non-hydrogen) atoms. The van der Waals surface area contributed by atoms with Crippen molar-refractivity contribution in [2.75, 3.05) is 23.8 Å². The van der Waals surface area contributed by atoms with Gasteiger partial charge in [0.1, 0.15) is 48.8 Å². The highest BCUT2D eigenvalue weighted by Gasteiger charge is 2.45. The Morgan fingerprint density at radius 1 is 0.625 bits per heavy atom. The smallest absolute Gasteiger partial charge is 0.157 e. The number of anilines is 2. The maximum absolute atomic E-state index is 10.3. The van der Waals surface area contributed by atoms with Crippen LogP contribution in [0.5, 0.6) is 0 Å². The molecule has 12 nitrogen and oxygen atoms in total. The van der Waals surface area contributed by atoms with E-state index in [9.17, 15) is 40.9 Å². The summed E-state index contributed by atoms with van der Waals surface area (Å²) < 4.78 is 11.0. The molecule has 2 aliphatic rings. The lowest BCUT2D eigenvalue weighted by molar-refractivity contribution is -0.222. The second kappa shape index (κ2) is 10.1. The molecule has 2 aliphatic heterocycles. The molecule has 0 radical (unpaired) electrons. The Balaban J connectivity index is 1.86. The molecule has 0 spiro atoms. The molecule has 0 unspecified atom stereocenters. The molecule has 0 saturated carbocycles. The van der Waals surface area contributed by atoms with Gasteiger partial charge in [-0.05, 0) is 37.1 Å². The molecule has 2 heterocycles. The van der Waals surface area contributed by atoms with Gasteiger partial charge in [0.15, 0.2) is 12.5 Å². The minimum Gasteiger partial charge on any atom is -0.394 e. The molecule has 1 aromatic carbocycles. The molecular formula is C20H32N2O10. The highest BCUT2D eigenvalue weighted by Crippen LogP contribution is 2.32. The summed E-state index contributed by atoms with van der Waals surface area (Å²) in [5.74, 6) is 0. The molecule has 2 fully saturated rings. The summed E-state index contributed by atoms with van der Waals surface area (Å²) in [7, 11) is 0. The number of hydrogen-bond donors (Lipinski definition) is 10. The van der Waals surface area contributed by atoms with Crippen molar-refractivity contribution in [3.63, 3.8) is 0 Å². The zero-order valence-corrected chi connectivity index (χ0v) is 17.7. The van der Waals surface area contributed by atoms with E-state index in [1.165, 1.54) is 0 Å². The Kier molecular flexibility index (Phi) is 7.93. The Morgan fingerprint density at radius 2 is 0.969 bits per heavy atom. The first-order valence-corrected chi connectivity index (χ1v) is 10.3. The Labute approximate surface area is 184 Å². The summed E-state index contributed by atoms with van der Waals surface area (Å²) >= 11 is 0. The quantitative estimate of drug-likeness (QED) is 0.203. The molecule has 3 rings (SSSR count). The fourth-order valence-corrected chi connectivity index (χ4v) is 3.80. The van der Waals surface area contributed by atoms with Crippen molar-refractivity contribution >= 4 is 11.4 Å². The van der Waals surface area contributed by atoms with Crippen LogP contribution in [0.3, 0.4) is 0 Å². The van der Waals surface area contributed by atoms with Crippen LogP contribution >= 0.6 is 0 Å². The van der Waals surface area contributed by atoms with Crippen molar-refractivity contribution in [1.29, 1.82) is 0 Å². The second-order valence-electron chi connectivity index (χ2n) is 8.27. The number of rotatable bonds is 6. The second-order valence-corrected chi connectivity index (χ2v) is 8.27. The van der Waals surface area contributed by atoms with E-state index in [1.54, 1.807) is 12.1 Å². The predicted molar refractivity (Wildman–Crippen MR) is 111 cm³/mol. The molecule has 2 saturated heterocycles. The zero-order valence-electron chi connectivity index (χ0n) is 17.7. The molecule has 10 N–H and O–H groups in total. The Hall–Kier alpha value is -1.58. The van der Waals surface area contributed by atoms with Crippen molar-refractivity contribution in [1.82, 2.24) is 0 Å². The van der Waals surface area contributed by atoms with Gasteiger partial charge in [-0.3, -0.25) is 0 Å². The highest BCUT2D eigenvalue weighted by molar-refractivity contribution is 5.71. The molecule has 0 aliphatic carbocycles. The van der Waals surface area contributed by atoms with Crippen molar-refractivity contribution in [2.45, 2.75) is 75.1 Å². The van der Waals surface area contributed by atoms with E-state index in [0.29, 0.717) is 11.4 Å². The maximum atomic E-state index is 10.3. The van der Waals surface area contributed by atoms with Gasteiger partial charge in [-0.2, -0.15) is 0 Å². The summed E-state index contributed by atoms with van der Waals surface area (Å²) in [5.41, 5.74) is 2.46. The third kappa shape index (κ3) is 4.84. The average Bonchev–Trinajstić information content (AvgIpc) is 2.77. The lowest BCUT2D eigenvalue weighted by Crippen LogP contribution is -2.61. The lowest BCUT2D eigenvalue weighted by Gasteiger charge is -2.42. The van der Waals surface area contributed by atoms with Gasteiger partial charge >= 0.3 is 0 Å². The number of benzene rings is 1. The van der Waals surface area contributed by atoms with Crippen LogP contribution in [-0.4, -0.2) is 115 Å². The van der Waals surface area contributed by atoms with E-state index >= 15 is 0 Å². The van der Waals surface area contributed by atoms with Gasteiger partial charge in [-0.15, -0.1) is 0 Å². The van der Waals surface area contributed by atoms with Crippen LogP contribution in [0.4, 0.5) is 11.4 Å². The van der Waals surface area contributed by atoms with Crippen LogP contribution in [0.15, 0.2) is 12.1 Å². The predicted octanol–water partition coefficient (Wildman–Crippen LogP) is -3.27. The summed E-state index contributed by atoms with van der Waals surface area (Å²) in [6, 6.07) is 3.42. The van der Waals surface area contributed by atoms with Gasteiger partial charge in [-0.1, -0.05) is 0 Å². The molecular weight excluding hydrogens is 428 g/mol. The summed E-state index contributed by atoms with van der Waals surface area (Å²) in [5, 5.41) is 85.3. The summed E-state index contributed by atoms with van der Waals surface area (Å²) in [4.78, 5) is 0. The topological polar surface area (TPSA) is 204 Å². The first-order valence-electron chi connectivity index (χ1n) is 10.3. The van der Waals surface area contributed by atoms with Gasteiger partial charge in [-0.25, -0.2) is 0 Å². The third-order valence-electron chi connectivity index (χ3n) is 6.01. The number of nitrogens with one attached hydrogen (secondary N) is 2. The Morgan fingerprint density at radius 3 is 1.28 bits per heavy atom. The van der Waals surface area contributed by atoms with E-state index in [1.807, 2.05) is 13.8 Å². The first-order chi connectivity index (χ1) is 15.1.